The lowest BCUT2D eigenvalue weighted by molar-refractivity contribution is -0.271. The molecule has 0 aromatic carbocycles. The number of carboxylic acids is 1. The highest BCUT2D eigenvalue weighted by molar-refractivity contribution is 5.66. The van der Waals surface area contributed by atoms with E-state index in [0.717, 1.165) is 64.2 Å². The second-order valence-electron chi connectivity index (χ2n) is 13.6. The van der Waals surface area contributed by atoms with Crippen molar-refractivity contribution in [3.8, 4) is 0 Å². The highest BCUT2D eigenvalue weighted by Gasteiger charge is 2.70. The zero-order valence-electron chi connectivity index (χ0n) is 22.9. The summed E-state index contributed by atoms with van der Waals surface area (Å²) in [5.41, 5.74) is -1.00. The Morgan fingerprint density at radius 3 is 2.37 bits per heavy atom. The van der Waals surface area contributed by atoms with E-state index < -0.39 is 17.7 Å². The number of hydrogen-bond donors (Lipinski definition) is 4. The molecular weight excluding hydrogens is 440 g/mol. The van der Waals surface area contributed by atoms with Gasteiger partial charge >= 0.3 is 5.97 Å². The molecule has 12 atom stereocenters. The Morgan fingerprint density at radius 1 is 1.03 bits per heavy atom. The summed E-state index contributed by atoms with van der Waals surface area (Å²) in [6, 6.07) is 0. The van der Waals surface area contributed by atoms with Crippen molar-refractivity contribution < 1.29 is 25.2 Å². The maximum atomic E-state index is 12.8. The van der Waals surface area contributed by atoms with E-state index in [1.165, 1.54) is 0 Å². The summed E-state index contributed by atoms with van der Waals surface area (Å²) in [4.78, 5) is 11.3. The standard InChI is InChI=1S/C30H52O5/c1-6-8-14-30(35)20(7-2)23-16-19(31)13-15-28(23,4)24-17-25(32)29(5)21(10-11-22(29)27(24)30)18(3)9-12-26(33)34/h18-25,27,31-32,35H,6-17H2,1-5H3,(H,33,34)/t18-,19-,20-,21-,22+,23+,24+,25+,27+,28+,29-,30-/m1/s1. The Hall–Kier alpha value is -0.650. The molecule has 0 saturated heterocycles. The van der Waals surface area contributed by atoms with Crippen molar-refractivity contribution in [2.24, 2.45) is 52.3 Å². The third-order valence-electron chi connectivity index (χ3n) is 12.3. The van der Waals surface area contributed by atoms with Crippen LogP contribution in [0, 0.1) is 52.3 Å². The fourth-order valence-corrected chi connectivity index (χ4v) is 10.5. The van der Waals surface area contributed by atoms with Gasteiger partial charge in [0.05, 0.1) is 17.8 Å². The number of unbranched alkanes of at least 4 members (excludes halogenated alkanes) is 1. The molecule has 4 saturated carbocycles. The van der Waals surface area contributed by atoms with Crippen LogP contribution in [-0.2, 0) is 4.79 Å². The highest BCUT2D eigenvalue weighted by Crippen LogP contribution is 2.72. The second-order valence-corrected chi connectivity index (χ2v) is 13.6. The summed E-state index contributed by atoms with van der Waals surface area (Å²) in [7, 11) is 0. The van der Waals surface area contributed by atoms with Gasteiger partial charge in [-0.05, 0) is 104 Å². The Kier molecular flexibility index (Phi) is 7.75. The third-order valence-corrected chi connectivity index (χ3v) is 12.3. The minimum atomic E-state index is -0.762. The normalized spacial score (nSPS) is 50.2. The van der Waals surface area contributed by atoms with Gasteiger partial charge in [-0.2, -0.15) is 0 Å². The van der Waals surface area contributed by atoms with Crippen LogP contribution in [-0.4, -0.2) is 44.2 Å². The molecule has 0 heterocycles. The molecule has 4 aliphatic rings. The Balaban J connectivity index is 1.76. The van der Waals surface area contributed by atoms with Gasteiger partial charge in [0, 0.05) is 6.42 Å². The van der Waals surface area contributed by atoms with Gasteiger partial charge in [-0.25, -0.2) is 0 Å². The predicted molar refractivity (Wildman–Crippen MR) is 138 cm³/mol. The molecule has 5 nitrogen and oxygen atoms in total. The molecule has 5 heteroatoms. The van der Waals surface area contributed by atoms with Crippen molar-refractivity contribution in [1.82, 2.24) is 0 Å². The molecule has 4 rings (SSSR count). The number of aliphatic carboxylic acids is 1. The molecule has 0 radical (unpaired) electrons. The van der Waals surface area contributed by atoms with Gasteiger partial charge < -0.3 is 20.4 Å². The average Bonchev–Trinajstić information content (AvgIpc) is 3.16. The van der Waals surface area contributed by atoms with Crippen LogP contribution in [0.2, 0.25) is 0 Å². The first-order valence-electron chi connectivity index (χ1n) is 14.7. The Bertz CT molecular complexity index is 770. The van der Waals surface area contributed by atoms with E-state index in [1.807, 2.05) is 0 Å². The summed E-state index contributed by atoms with van der Waals surface area (Å²) in [5, 5.41) is 44.6. The predicted octanol–water partition coefficient (Wildman–Crippen LogP) is 5.65. The minimum absolute atomic E-state index is 0.0400. The average molecular weight is 493 g/mol. The quantitative estimate of drug-likeness (QED) is 0.351. The van der Waals surface area contributed by atoms with Gasteiger partial charge in [0.15, 0.2) is 0 Å². The Morgan fingerprint density at radius 2 is 1.74 bits per heavy atom. The molecular formula is C30H52O5. The third kappa shape index (κ3) is 4.20. The van der Waals surface area contributed by atoms with E-state index >= 15 is 0 Å². The van der Waals surface area contributed by atoms with E-state index in [0.29, 0.717) is 12.3 Å². The molecule has 0 aromatic heterocycles. The lowest BCUT2D eigenvalue weighted by Gasteiger charge is -2.69. The molecule has 35 heavy (non-hydrogen) atoms. The molecule has 0 spiro atoms. The number of carboxylic acid groups (broad SMARTS) is 1. The molecule has 0 bridgehead atoms. The van der Waals surface area contributed by atoms with Gasteiger partial charge in [0.1, 0.15) is 0 Å². The highest BCUT2D eigenvalue weighted by atomic mass is 16.4. The van der Waals surface area contributed by atoms with Gasteiger partial charge in [-0.15, -0.1) is 0 Å². The maximum Gasteiger partial charge on any atom is 0.303 e. The van der Waals surface area contributed by atoms with E-state index in [-0.39, 0.29) is 58.9 Å². The van der Waals surface area contributed by atoms with E-state index in [1.54, 1.807) is 0 Å². The summed E-state index contributed by atoms with van der Waals surface area (Å²) in [5.74, 6) is 0.958. The van der Waals surface area contributed by atoms with Crippen molar-refractivity contribution in [1.29, 1.82) is 0 Å². The summed E-state index contributed by atoms with van der Waals surface area (Å²) in [6.07, 6.45) is 9.29. The van der Waals surface area contributed by atoms with Gasteiger partial charge in [-0.1, -0.05) is 53.9 Å². The first-order valence-corrected chi connectivity index (χ1v) is 14.7. The molecule has 4 aliphatic carbocycles. The van der Waals surface area contributed by atoms with Crippen LogP contribution in [0.4, 0.5) is 0 Å². The zero-order chi connectivity index (χ0) is 25.8. The molecule has 202 valence electrons. The van der Waals surface area contributed by atoms with Crippen LogP contribution in [0.15, 0.2) is 0 Å². The van der Waals surface area contributed by atoms with Gasteiger partial charge in [0.2, 0.25) is 0 Å². The molecule has 0 unspecified atom stereocenters. The SMILES string of the molecule is CCCC[C@]1(O)[C@@H]2[C@H](C[C@H](O)[C@]3(C)[C@@H]([C@H](C)CCC(=O)O)CC[C@@H]23)[C@@]2(C)CC[C@@H](O)C[C@H]2[C@H]1CC. The van der Waals surface area contributed by atoms with Crippen LogP contribution in [0.25, 0.3) is 0 Å². The van der Waals surface area contributed by atoms with Gasteiger partial charge in [0.25, 0.3) is 0 Å². The fraction of sp³-hybridized carbons (Fsp3) is 0.967. The minimum Gasteiger partial charge on any atom is -0.481 e. The fourth-order valence-electron chi connectivity index (χ4n) is 10.5. The van der Waals surface area contributed by atoms with Crippen molar-refractivity contribution in [3.05, 3.63) is 0 Å². The molecule has 4 N–H and O–H groups in total. The van der Waals surface area contributed by atoms with E-state index in [2.05, 4.69) is 34.6 Å². The maximum absolute atomic E-state index is 12.8. The van der Waals surface area contributed by atoms with E-state index in [4.69, 9.17) is 0 Å². The van der Waals surface area contributed by atoms with Crippen molar-refractivity contribution >= 4 is 5.97 Å². The number of rotatable bonds is 8. The lowest BCUT2D eigenvalue weighted by Crippen LogP contribution is -2.69. The van der Waals surface area contributed by atoms with Crippen LogP contribution in [0.3, 0.4) is 0 Å². The van der Waals surface area contributed by atoms with Crippen LogP contribution >= 0.6 is 0 Å². The van der Waals surface area contributed by atoms with Crippen molar-refractivity contribution in [2.45, 2.75) is 129 Å². The van der Waals surface area contributed by atoms with E-state index in [9.17, 15) is 25.2 Å². The number of carbonyl (C=O) groups is 1. The first kappa shape index (κ1) is 27.4. The lowest BCUT2D eigenvalue weighted by atomic mass is 9.37. The number of hydrogen-bond acceptors (Lipinski definition) is 4. The summed E-state index contributed by atoms with van der Waals surface area (Å²) in [6.45, 7) is 11.3. The Labute approximate surface area is 213 Å². The molecule has 4 fully saturated rings. The number of fused-ring (bicyclic) bond motifs is 5. The smallest absolute Gasteiger partial charge is 0.303 e. The number of aliphatic hydroxyl groups excluding tert-OH is 2. The summed E-state index contributed by atoms with van der Waals surface area (Å²) >= 11 is 0. The second kappa shape index (κ2) is 9.91. The van der Waals surface area contributed by atoms with Gasteiger partial charge in [-0.3, -0.25) is 4.79 Å². The van der Waals surface area contributed by atoms with Crippen molar-refractivity contribution in [3.63, 3.8) is 0 Å². The largest absolute Gasteiger partial charge is 0.481 e. The van der Waals surface area contributed by atoms with Crippen LogP contribution in [0.5, 0.6) is 0 Å². The molecule has 0 amide bonds. The van der Waals surface area contributed by atoms with Crippen LogP contribution < -0.4 is 0 Å². The zero-order valence-corrected chi connectivity index (χ0v) is 22.9. The first-order chi connectivity index (χ1) is 16.4. The molecule has 0 aliphatic heterocycles. The summed E-state index contributed by atoms with van der Waals surface area (Å²) < 4.78 is 0. The molecule has 0 aromatic rings. The van der Waals surface area contributed by atoms with Crippen LogP contribution in [0.1, 0.15) is 112 Å². The topological polar surface area (TPSA) is 98.0 Å². The number of aliphatic hydroxyl groups is 3. The monoisotopic (exact) mass is 492 g/mol. The van der Waals surface area contributed by atoms with Crippen molar-refractivity contribution in [2.75, 3.05) is 0 Å².